The first kappa shape index (κ1) is 17.2. The number of hydrogen-bond donors (Lipinski definition) is 1. The minimum Gasteiger partial charge on any atom is -0.385 e. The number of quaternary nitrogens is 1. The number of ether oxygens (including phenoxy) is 1. The molecule has 1 heterocycles. The Kier molecular flexibility index (Phi) is 6.10. The van der Waals surface area contributed by atoms with Crippen molar-refractivity contribution >= 4 is 0 Å². The van der Waals surface area contributed by atoms with Crippen molar-refractivity contribution in [2.75, 3.05) is 33.3 Å². The Morgan fingerprint density at radius 2 is 1.86 bits per heavy atom. The number of likely N-dealkylation sites (tertiary alicyclic amines) is 1. The summed E-state index contributed by atoms with van der Waals surface area (Å²) < 4.78 is 7.21. The van der Waals surface area contributed by atoms with E-state index in [9.17, 15) is 5.11 Å². The van der Waals surface area contributed by atoms with Gasteiger partial charge in [0.05, 0.1) is 32.8 Å². The number of hydrogen-bond acceptors (Lipinski definition) is 2. The average molecular weight is 298 g/mol. The normalized spacial score (nSPS) is 34.3. The fourth-order valence-corrected chi connectivity index (χ4v) is 4.38. The Labute approximate surface area is 131 Å². The van der Waals surface area contributed by atoms with E-state index in [0.29, 0.717) is 24.5 Å². The molecule has 21 heavy (non-hydrogen) atoms. The minimum absolute atomic E-state index is 0.307. The summed E-state index contributed by atoms with van der Waals surface area (Å²) in [5, 5.41) is 10.4. The summed E-state index contributed by atoms with van der Waals surface area (Å²) in [4.78, 5) is 0. The van der Waals surface area contributed by atoms with Gasteiger partial charge < -0.3 is 14.3 Å². The predicted molar refractivity (Wildman–Crippen MR) is 87.1 cm³/mol. The third-order valence-corrected chi connectivity index (χ3v) is 5.76. The molecule has 0 aromatic carbocycles. The molecule has 3 heteroatoms. The third kappa shape index (κ3) is 4.94. The lowest BCUT2D eigenvalue weighted by Crippen LogP contribution is -2.48. The van der Waals surface area contributed by atoms with Crippen LogP contribution in [0.3, 0.4) is 0 Å². The highest BCUT2D eigenvalue weighted by molar-refractivity contribution is 4.81. The molecule has 2 aliphatic rings. The van der Waals surface area contributed by atoms with Gasteiger partial charge in [0.2, 0.25) is 0 Å². The maximum absolute atomic E-state index is 10.4. The van der Waals surface area contributed by atoms with Crippen molar-refractivity contribution in [1.29, 1.82) is 0 Å². The monoisotopic (exact) mass is 298 g/mol. The SMILES string of the molecule is CC(C)[C@@H]1CC[C@@H](C)C[C@H]1OC[C@H](O)C[N+]1(C)CCCC1. The van der Waals surface area contributed by atoms with E-state index >= 15 is 0 Å². The highest BCUT2D eigenvalue weighted by Gasteiger charge is 2.33. The average Bonchev–Trinajstić information content (AvgIpc) is 2.82. The first-order valence-corrected chi connectivity index (χ1v) is 9.03. The smallest absolute Gasteiger partial charge is 0.126 e. The molecule has 0 bridgehead atoms. The van der Waals surface area contributed by atoms with Crippen LogP contribution in [-0.4, -0.2) is 55.1 Å². The molecule has 0 spiro atoms. The van der Waals surface area contributed by atoms with Gasteiger partial charge in [-0.05, 0) is 30.6 Å². The number of aliphatic hydroxyl groups excluding tert-OH is 1. The second kappa shape index (κ2) is 7.43. The summed E-state index contributed by atoms with van der Waals surface area (Å²) in [6.07, 6.45) is 6.44. The predicted octanol–water partition coefficient (Wildman–Crippen LogP) is 3.07. The highest BCUT2D eigenvalue weighted by atomic mass is 16.5. The standard InChI is InChI=1S/C18H36NO2/c1-14(2)17-8-7-15(3)11-18(17)21-13-16(20)12-19(4)9-5-6-10-19/h14-18,20H,5-13H2,1-4H3/q+1/t15-,16-,17+,18-/m1/s1. The molecule has 2 fully saturated rings. The molecule has 1 aliphatic carbocycles. The molecule has 4 atom stereocenters. The number of nitrogens with zero attached hydrogens (tertiary/aromatic N) is 1. The molecule has 0 radical (unpaired) electrons. The van der Waals surface area contributed by atoms with Crippen LogP contribution in [0.4, 0.5) is 0 Å². The van der Waals surface area contributed by atoms with Gasteiger partial charge in [-0.3, -0.25) is 0 Å². The van der Waals surface area contributed by atoms with Gasteiger partial charge in [-0.2, -0.15) is 0 Å². The van der Waals surface area contributed by atoms with Crippen molar-refractivity contribution in [1.82, 2.24) is 0 Å². The molecule has 0 aromatic rings. The van der Waals surface area contributed by atoms with Gasteiger partial charge in [-0.25, -0.2) is 0 Å². The first-order chi connectivity index (χ1) is 9.89. The van der Waals surface area contributed by atoms with E-state index in [1.54, 1.807) is 0 Å². The third-order valence-electron chi connectivity index (χ3n) is 5.76. The maximum atomic E-state index is 10.4. The molecular formula is C18H36NO2+. The molecular weight excluding hydrogens is 262 g/mol. The molecule has 1 saturated carbocycles. The summed E-state index contributed by atoms with van der Waals surface area (Å²) in [7, 11) is 2.27. The van der Waals surface area contributed by atoms with Gasteiger partial charge in [-0.1, -0.05) is 27.2 Å². The molecule has 0 amide bonds. The van der Waals surface area contributed by atoms with Crippen molar-refractivity contribution in [3.8, 4) is 0 Å². The van der Waals surface area contributed by atoms with E-state index < -0.39 is 0 Å². The molecule has 0 unspecified atom stereocenters. The van der Waals surface area contributed by atoms with Crippen molar-refractivity contribution in [3.63, 3.8) is 0 Å². The summed E-state index contributed by atoms with van der Waals surface area (Å²) >= 11 is 0. The second-order valence-corrected chi connectivity index (χ2v) is 8.31. The fourth-order valence-electron chi connectivity index (χ4n) is 4.38. The number of aliphatic hydroxyl groups is 1. The second-order valence-electron chi connectivity index (χ2n) is 8.31. The quantitative estimate of drug-likeness (QED) is 0.764. The van der Waals surface area contributed by atoms with Crippen molar-refractivity contribution in [2.45, 2.75) is 65.1 Å². The summed E-state index contributed by atoms with van der Waals surface area (Å²) in [6.45, 7) is 10.8. The lowest BCUT2D eigenvalue weighted by molar-refractivity contribution is -0.900. The van der Waals surface area contributed by atoms with Gasteiger partial charge in [-0.15, -0.1) is 0 Å². The van der Waals surface area contributed by atoms with E-state index in [-0.39, 0.29) is 6.10 Å². The summed E-state index contributed by atoms with van der Waals surface area (Å²) in [5.41, 5.74) is 0. The Balaban J connectivity index is 1.79. The first-order valence-electron chi connectivity index (χ1n) is 9.03. The van der Waals surface area contributed by atoms with Crippen LogP contribution in [0.25, 0.3) is 0 Å². The lowest BCUT2D eigenvalue weighted by Gasteiger charge is -2.38. The Bertz CT molecular complexity index is 312. The van der Waals surface area contributed by atoms with E-state index in [1.807, 2.05) is 0 Å². The Morgan fingerprint density at radius 3 is 2.48 bits per heavy atom. The Hall–Kier alpha value is -0.120. The van der Waals surface area contributed by atoms with Crippen LogP contribution in [-0.2, 0) is 4.74 Å². The van der Waals surface area contributed by atoms with Crippen LogP contribution in [0, 0.1) is 17.8 Å². The van der Waals surface area contributed by atoms with Crippen LogP contribution in [0.5, 0.6) is 0 Å². The molecule has 1 saturated heterocycles. The molecule has 3 nitrogen and oxygen atoms in total. The fraction of sp³-hybridized carbons (Fsp3) is 1.00. The van der Waals surface area contributed by atoms with Gasteiger partial charge in [0, 0.05) is 12.8 Å². The molecule has 1 N–H and O–H groups in total. The highest BCUT2D eigenvalue weighted by Crippen LogP contribution is 2.35. The topological polar surface area (TPSA) is 29.5 Å². The van der Waals surface area contributed by atoms with Gasteiger partial charge in [0.25, 0.3) is 0 Å². The van der Waals surface area contributed by atoms with Crippen molar-refractivity contribution < 1.29 is 14.3 Å². The minimum atomic E-state index is -0.307. The van der Waals surface area contributed by atoms with Crippen LogP contribution >= 0.6 is 0 Å². The van der Waals surface area contributed by atoms with E-state index in [0.717, 1.165) is 16.9 Å². The van der Waals surface area contributed by atoms with E-state index in [1.165, 1.54) is 45.2 Å². The Morgan fingerprint density at radius 1 is 1.19 bits per heavy atom. The molecule has 1 aliphatic heterocycles. The van der Waals surface area contributed by atoms with Crippen molar-refractivity contribution in [3.05, 3.63) is 0 Å². The molecule has 2 rings (SSSR count). The zero-order valence-electron chi connectivity index (χ0n) is 14.6. The van der Waals surface area contributed by atoms with Crippen LogP contribution in [0.2, 0.25) is 0 Å². The van der Waals surface area contributed by atoms with E-state index in [4.69, 9.17) is 4.74 Å². The number of rotatable bonds is 6. The maximum Gasteiger partial charge on any atom is 0.126 e. The zero-order chi connectivity index (χ0) is 15.5. The van der Waals surface area contributed by atoms with Crippen LogP contribution in [0.1, 0.15) is 52.9 Å². The molecule has 0 aromatic heterocycles. The van der Waals surface area contributed by atoms with Gasteiger partial charge in [0.15, 0.2) is 0 Å². The van der Waals surface area contributed by atoms with Gasteiger partial charge in [0.1, 0.15) is 12.6 Å². The lowest BCUT2D eigenvalue weighted by atomic mass is 9.75. The van der Waals surface area contributed by atoms with Crippen molar-refractivity contribution in [2.24, 2.45) is 17.8 Å². The van der Waals surface area contributed by atoms with Crippen LogP contribution < -0.4 is 0 Å². The number of likely N-dealkylation sites (N-methyl/N-ethyl adjacent to an activating group) is 1. The zero-order valence-corrected chi connectivity index (χ0v) is 14.6. The van der Waals surface area contributed by atoms with Crippen LogP contribution in [0.15, 0.2) is 0 Å². The van der Waals surface area contributed by atoms with Gasteiger partial charge >= 0.3 is 0 Å². The molecule has 124 valence electrons. The largest absolute Gasteiger partial charge is 0.385 e. The van der Waals surface area contributed by atoms with E-state index in [2.05, 4.69) is 27.8 Å². The summed E-state index contributed by atoms with van der Waals surface area (Å²) in [5.74, 6) is 2.12. The summed E-state index contributed by atoms with van der Waals surface area (Å²) in [6, 6.07) is 0.